The number of aliphatic hydroxyl groups excluding tert-OH is 1. The Hall–Kier alpha value is -0.780. The summed E-state index contributed by atoms with van der Waals surface area (Å²) in [6.45, 7) is 0. The van der Waals surface area contributed by atoms with E-state index in [-0.39, 0.29) is 6.42 Å². The van der Waals surface area contributed by atoms with Crippen molar-refractivity contribution in [2.24, 2.45) is 5.41 Å². The predicted octanol–water partition coefficient (Wildman–Crippen LogP) is 1.16. The van der Waals surface area contributed by atoms with E-state index in [0.29, 0.717) is 0 Å². The third-order valence-electron chi connectivity index (χ3n) is 2.44. The maximum atomic E-state index is 12.3. The second-order valence-electron chi connectivity index (χ2n) is 3.28. The van der Waals surface area contributed by atoms with Gasteiger partial charge in [0.1, 0.15) is 0 Å². The van der Waals surface area contributed by atoms with Gasteiger partial charge in [-0.05, 0) is 19.3 Å². The number of aliphatic carboxylic acids is 1. The van der Waals surface area contributed by atoms with Crippen LogP contribution in [0.5, 0.6) is 0 Å². The molecule has 0 heterocycles. The number of rotatable bonds is 1. The van der Waals surface area contributed by atoms with E-state index >= 15 is 0 Å². The molecule has 0 aromatic heterocycles. The second kappa shape index (κ2) is 2.87. The van der Waals surface area contributed by atoms with E-state index < -0.39 is 36.5 Å². The molecule has 1 aliphatic carbocycles. The van der Waals surface area contributed by atoms with Crippen molar-refractivity contribution < 1.29 is 28.2 Å². The van der Waals surface area contributed by atoms with Gasteiger partial charge in [0.25, 0.3) is 0 Å². The molecule has 1 aliphatic rings. The van der Waals surface area contributed by atoms with Crippen molar-refractivity contribution in [3.8, 4) is 0 Å². The molecule has 76 valence electrons. The van der Waals surface area contributed by atoms with Gasteiger partial charge in [-0.15, -0.1) is 0 Å². The van der Waals surface area contributed by atoms with Crippen molar-refractivity contribution in [2.75, 3.05) is 0 Å². The Balaban J connectivity index is 2.97. The highest BCUT2D eigenvalue weighted by Crippen LogP contribution is 2.50. The Morgan fingerprint density at radius 2 is 2.00 bits per heavy atom. The fourth-order valence-electron chi connectivity index (χ4n) is 1.59. The minimum atomic E-state index is -4.78. The molecule has 3 nitrogen and oxygen atoms in total. The maximum Gasteiger partial charge on any atom is 0.405 e. The Morgan fingerprint density at radius 3 is 2.15 bits per heavy atom. The zero-order valence-electron chi connectivity index (χ0n) is 6.64. The van der Waals surface area contributed by atoms with Crippen LogP contribution < -0.4 is 0 Å². The van der Waals surface area contributed by atoms with Crippen LogP contribution in [-0.2, 0) is 4.79 Å². The van der Waals surface area contributed by atoms with Gasteiger partial charge in [-0.3, -0.25) is 4.79 Å². The van der Waals surface area contributed by atoms with Gasteiger partial charge in [0.15, 0.2) is 5.41 Å². The number of hydrogen-bond acceptors (Lipinski definition) is 2. The molecule has 2 unspecified atom stereocenters. The van der Waals surface area contributed by atoms with Crippen molar-refractivity contribution in [1.82, 2.24) is 0 Å². The van der Waals surface area contributed by atoms with Crippen molar-refractivity contribution >= 4 is 5.97 Å². The molecule has 0 radical (unpaired) electrons. The lowest BCUT2D eigenvalue weighted by Crippen LogP contribution is -2.43. The summed E-state index contributed by atoms with van der Waals surface area (Å²) in [5.41, 5.74) is -2.73. The Labute approximate surface area is 72.2 Å². The average Bonchev–Trinajstić information content (AvgIpc) is 2.30. The number of carbonyl (C=O) groups is 1. The lowest BCUT2D eigenvalue weighted by atomic mass is 9.85. The lowest BCUT2D eigenvalue weighted by Gasteiger charge is -2.26. The van der Waals surface area contributed by atoms with Crippen LogP contribution in [0.2, 0.25) is 0 Å². The van der Waals surface area contributed by atoms with Gasteiger partial charge in [-0.1, -0.05) is 0 Å². The van der Waals surface area contributed by atoms with Gasteiger partial charge in [-0.2, -0.15) is 13.2 Å². The van der Waals surface area contributed by atoms with E-state index in [4.69, 9.17) is 10.2 Å². The van der Waals surface area contributed by atoms with Crippen LogP contribution in [-0.4, -0.2) is 28.5 Å². The first-order chi connectivity index (χ1) is 5.79. The van der Waals surface area contributed by atoms with Gasteiger partial charge in [0.05, 0.1) is 6.10 Å². The van der Waals surface area contributed by atoms with Gasteiger partial charge in [0.2, 0.25) is 0 Å². The SMILES string of the molecule is O=C(O)C1(C(F)(F)F)CCC(O)C1. The Morgan fingerprint density at radius 1 is 1.46 bits per heavy atom. The quantitative estimate of drug-likeness (QED) is 0.664. The molecule has 0 bridgehead atoms. The molecule has 1 fully saturated rings. The fraction of sp³-hybridized carbons (Fsp3) is 0.857. The summed E-state index contributed by atoms with van der Waals surface area (Å²) in [6, 6.07) is 0. The van der Waals surface area contributed by atoms with Gasteiger partial charge < -0.3 is 10.2 Å². The summed E-state index contributed by atoms with van der Waals surface area (Å²) in [5.74, 6) is -1.89. The first-order valence-corrected chi connectivity index (χ1v) is 3.78. The highest BCUT2D eigenvalue weighted by Gasteiger charge is 2.63. The highest BCUT2D eigenvalue weighted by atomic mass is 19.4. The number of aliphatic hydroxyl groups is 1. The zero-order chi connectivity index (χ0) is 10.3. The monoisotopic (exact) mass is 198 g/mol. The van der Waals surface area contributed by atoms with Crippen molar-refractivity contribution in [1.29, 1.82) is 0 Å². The van der Waals surface area contributed by atoms with Crippen molar-refractivity contribution in [2.45, 2.75) is 31.5 Å². The first kappa shape index (κ1) is 10.3. The number of halogens is 3. The molecular formula is C7H9F3O3. The van der Waals surface area contributed by atoms with E-state index in [9.17, 15) is 18.0 Å². The van der Waals surface area contributed by atoms with Gasteiger partial charge >= 0.3 is 12.1 Å². The zero-order valence-corrected chi connectivity index (χ0v) is 6.64. The molecule has 1 saturated carbocycles. The van der Waals surface area contributed by atoms with E-state index in [1.807, 2.05) is 0 Å². The summed E-state index contributed by atoms with van der Waals surface area (Å²) in [5, 5.41) is 17.4. The predicted molar refractivity (Wildman–Crippen MR) is 36.0 cm³/mol. The number of carboxylic acid groups (broad SMARTS) is 1. The molecule has 0 aromatic carbocycles. The number of hydrogen-bond donors (Lipinski definition) is 2. The van der Waals surface area contributed by atoms with Gasteiger partial charge in [0, 0.05) is 0 Å². The largest absolute Gasteiger partial charge is 0.481 e. The molecule has 6 heteroatoms. The molecule has 2 N–H and O–H groups in total. The normalized spacial score (nSPS) is 34.9. The van der Waals surface area contributed by atoms with Crippen molar-refractivity contribution in [3.05, 3.63) is 0 Å². The number of carboxylic acids is 1. The summed E-state index contributed by atoms with van der Waals surface area (Å²) < 4.78 is 37.0. The van der Waals surface area contributed by atoms with Crippen LogP contribution >= 0.6 is 0 Å². The van der Waals surface area contributed by atoms with Crippen LogP contribution in [0, 0.1) is 5.41 Å². The molecule has 0 spiro atoms. The minimum absolute atomic E-state index is 0.105. The topological polar surface area (TPSA) is 57.5 Å². The summed E-state index contributed by atoms with van der Waals surface area (Å²) in [6.07, 6.45) is -7.31. The van der Waals surface area contributed by atoms with Crippen LogP contribution in [0.3, 0.4) is 0 Å². The van der Waals surface area contributed by atoms with Crippen LogP contribution in [0.25, 0.3) is 0 Å². The maximum absolute atomic E-state index is 12.3. The molecular weight excluding hydrogens is 189 g/mol. The molecule has 0 saturated heterocycles. The van der Waals surface area contributed by atoms with Crippen molar-refractivity contribution in [3.63, 3.8) is 0 Å². The molecule has 0 aliphatic heterocycles. The molecule has 1 rings (SSSR count). The Bertz CT molecular complexity index is 226. The smallest absolute Gasteiger partial charge is 0.405 e. The van der Waals surface area contributed by atoms with E-state index in [1.165, 1.54) is 0 Å². The number of alkyl halides is 3. The van der Waals surface area contributed by atoms with E-state index in [2.05, 4.69) is 0 Å². The fourth-order valence-corrected chi connectivity index (χ4v) is 1.59. The van der Waals surface area contributed by atoms with Crippen LogP contribution in [0.15, 0.2) is 0 Å². The second-order valence-corrected chi connectivity index (χ2v) is 3.28. The van der Waals surface area contributed by atoms with E-state index in [1.54, 1.807) is 0 Å². The highest BCUT2D eigenvalue weighted by molar-refractivity contribution is 5.76. The summed E-state index contributed by atoms with van der Waals surface area (Å²) in [7, 11) is 0. The lowest BCUT2D eigenvalue weighted by molar-refractivity contribution is -0.231. The Kier molecular flexibility index (Phi) is 2.27. The summed E-state index contributed by atoms with van der Waals surface area (Å²) >= 11 is 0. The molecule has 0 aromatic rings. The standard InChI is InChI=1S/C7H9F3O3/c8-7(9,10)6(5(12)13)2-1-4(11)3-6/h4,11H,1-3H2,(H,12,13). The minimum Gasteiger partial charge on any atom is -0.481 e. The third-order valence-corrected chi connectivity index (χ3v) is 2.44. The molecule has 0 amide bonds. The first-order valence-electron chi connectivity index (χ1n) is 3.78. The van der Waals surface area contributed by atoms with Crippen LogP contribution in [0.4, 0.5) is 13.2 Å². The molecule has 13 heavy (non-hydrogen) atoms. The third kappa shape index (κ3) is 1.50. The summed E-state index contributed by atoms with van der Waals surface area (Å²) in [4.78, 5) is 10.5. The van der Waals surface area contributed by atoms with E-state index in [0.717, 1.165) is 0 Å². The molecule has 2 atom stereocenters. The average molecular weight is 198 g/mol. The van der Waals surface area contributed by atoms with Crippen LogP contribution in [0.1, 0.15) is 19.3 Å². The van der Waals surface area contributed by atoms with Gasteiger partial charge in [-0.25, -0.2) is 0 Å².